The van der Waals surface area contributed by atoms with Crippen LogP contribution in [0.25, 0.3) is 0 Å². The first-order valence-electron chi connectivity index (χ1n) is 5.74. The van der Waals surface area contributed by atoms with Crippen molar-refractivity contribution in [3.05, 3.63) is 11.9 Å². The van der Waals surface area contributed by atoms with Crippen LogP contribution in [-0.4, -0.2) is 37.6 Å². The second-order valence-electron chi connectivity index (χ2n) is 5.36. The normalized spacial score (nSPS) is 20.0. The Kier molecular flexibility index (Phi) is 2.81. The van der Waals surface area contributed by atoms with E-state index in [1.54, 1.807) is 11.1 Å². The zero-order chi connectivity index (χ0) is 12.6. The summed E-state index contributed by atoms with van der Waals surface area (Å²) < 4.78 is 7.20. The Morgan fingerprint density at radius 1 is 1.53 bits per heavy atom. The van der Waals surface area contributed by atoms with Crippen LogP contribution in [0.4, 0.5) is 4.79 Å². The minimum Gasteiger partial charge on any atom is -0.444 e. The second-order valence-corrected chi connectivity index (χ2v) is 5.36. The van der Waals surface area contributed by atoms with E-state index in [2.05, 4.69) is 10.3 Å². The zero-order valence-corrected chi connectivity index (χ0v) is 10.7. The van der Waals surface area contributed by atoms with Crippen LogP contribution in [0.15, 0.2) is 6.20 Å². The SMILES string of the molecule is CC1Cn2nncc2CN1C(=O)OC(C)(C)C. The molecule has 1 amide bonds. The molecule has 0 aliphatic carbocycles. The fraction of sp³-hybridized carbons (Fsp3) is 0.727. The van der Waals surface area contributed by atoms with E-state index < -0.39 is 5.60 Å². The van der Waals surface area contributed by atoms with Crippen molar-refractivity contribution in [3.8, 4) is 0 Å². The molecule has 6 nitrogen and oxygen atoms in total. The predicted molar refractivity (Wildman–Crippen MR) is 61.3 cm³/mol. The maximum Gasteiger partial charge on any atom is 0.410 e. The lowest BCUT2D eigenvalue weighted by Gasteiger charge is -2.34. The summed E-state index contributed by atoms with van der Waals surface area (Å²) in [5, 5.41) is 7.80. The number of ether oxygens (including phenoxy) is 1. The molecule has 17 heavy (non-hydrogen) atoms. The number of nitrogens with zero attached hydrogens (tertiary/aromatic N) is 4. The van der Waals surface area contributed by atoms with E-state index in [1.807, 2.05) is 32.4 Å². The highest BCUT2D eigenvalue weighted by Crippen LogP contribution is 2.19. The third-order valence-corrected chi connectivity index (χ3v) is 2.63. The van der Waals surface area contributed by atoms with Crippen molar-refractivity contribution in [3.63, 3.8) is 0 Å². The maximum absolute atomic E-state index is 12.0. The summed E-state index contributed by atoms with van der Waals surface area (Å²) in [5.74, 6) is 0. The van der Waals surface area contributed by atoms with Gasteiger partial charge in [0.05, 0.1) is 31.0 Å². The minimum absolute atomic E-state index is 0.0686. The van der Waals surface area contributed by atoms with Gasteiger partial charge in [0, 0.05) is 0 Å². The average Bonchev–Trinajstić information content (AvgIpc) is 2.60. The summed E-state index contributed by atoms with van der Waals surface area (Å²) in [4.78, 5) is 13.7. The lowest BCUT2D eigenvalue weighted by atomic mass is 10.2. The van der Waals surface area contributed by atoms with E-state index in [0.717, 1.165) is 5.69 Å². The molecular formula is C11H18N4O2. The van der Waals surface area contributed by atoms with Crippen LogP contribution in [-0.2, 0) is 17.8 Å². The van der Waals surface area contributed by atoms with Crippen LogP contribution >= 0.6 is 0 Å². The minimum atomic E-state index is -0.466. The molecule has 1 aliphatic rings. The largest absolute Gasteiger partial charge is 0.444 e. The molecule has 1 aromatic heterocycles. The molecule has 0 saturated carbocycles. The quantitative estimate of drug-likeness (QED) is 0.685. The van der Waals surface area contributed by atoms with Crippen molar-refractivity contribution in [2.45, 2.75) is 52.4 Å². The lowest BCUT2D eigenvalue weighted by Crippen LogP contribution is -2.46. The van der Waals surface area contributed by atoms with Crippen LogP contribution in [0.1, 0.15) is 33.4 Å². The number of hydrogen-bond donors (Lipinski definition) is 0. The summed E-state index contributed by atoms with van der Waals surface area (Å²) in [5.41, 5.74) is 0.473. The van der Waals surface area contributed by atoms with Crippen LogP contribution in [0.2, 0.25) is 0 Å². The van der Waals surface area contributed by atoms with Gasteiger partial charge >= 0.3 is 6.09 Å². The van der Waals surface area contributed by atoms with Crippen molar-refractivity contribution >= 4 is 6.09 Å². The van der Waals surface area contributed by atoms with E-state index in [0.29, 0.717) is 13.1 Å². The first-order valence-corrected chi connectivity index (χ1v) is 5.74. The van der Waals surface area contributed by atoms with Crippen LogP contribution in [0, 0.1) is 0 Å². The summed E-state index contributed by atoms with van der Waals surface area (Å²) in [6.07, 6.45) is 1.40. The molecule has 0 radical (unpaired) electrons. The molecule has 1 atom stereocenters. The fourth-order valence-electron chi connectivity index (χ4n) is 1.80. The number of amides is 1. The smallest absolute Gasteiger partial charge is 0.410 e. The van der Waals surface area contributed by atoms with Crippen LogP contribution < -0.4 is 0 Å². The van der Waals surface area contributed by atoms with Gasteiger partial charge in [-0.3, -0.25) is 4.90 Å². The van der Waals surface area contributed by atoms with Crippen molar-refractivity contribution in [1.29, 1.82) is 0 Å². The Bertz CT molecular complexity index is 421. The first-order chi connectivity index (χ1) is 7.87. The number of carbonyl (C=O) groups is 1. The molecule has 0 N–H and O–H groups in total. The van der Waals surface area contributed by atoms with Crippen LogP contribution in [0.5, 0.6) is 0 Å². The van der Waals surface area contributed by atoms with E-state index in [4.69, 9.17) is 4.74 Å². The third-order valence-electron chi connectivity index (χ3n) is 2.63. The van der Waals surface area contributed by atoms with E-state index in [1.165, 1.54) is 0 Å². The zero-order valence-electron chi connectivity index (χ0n) is 10.7. The summed E-state index contributed by atoms with van der Waals surface area (Å²) in [6.45, 7) is 8.74. The predicted octanol–water partition coefficient (Wildman–Crippen LogP) is 1.42. The second kappa shape index (κ2) is 4.01. The molecule has 0 bridgehead atoms. The van der Waals surface area contributed by atoms with E-state index in [9.17, 15) is 4.79 Å². The Balaban J connectivity index is 2.10. The third kappa shape index (κ3) is 2.57. The van der Waals surface area contributed by atoms with Gasteiger partial charge in [-0.25, -0.2) is 9.48 Å². The molecule has 1 aliphatic heterocycles. The standard InChI is InChI=1S/C11H18N4O2/c1-8-6-15-9(5-12-13-15)7-14(8)10(16)17-11(2,3)4/h5,8H,6-7H2,1-4H3. The molecule has 1 aromatic rings. The first kappa shape index (κ1) is 11.9. The average molecular weight is 238 g/mol. The van der Waals surface area contributed by atoms with Gasteiger partial charge in [0.2, 0.25) is 0 Å². The number of hydrogen-bond acceptors (Lipinski definition) is 4. The van der Waals surface area contributed by atoms with Gasteiger partial charge in [-0.1, -0.05) is 5.21 Å². The monoisotopic (exact) mass is 238 g/mol. The fourth-order valence-corrected chi connectivity index (χ4v) is 1.80. The summed E-state index contributed by atoms with van der Waals surface area (Å²) >= 11 is 0. The topological polar surface area (TPSA) is 60.2 Å². The highest BCUT2D eigenvalue weighted by atomic mass is 16.6. The molecule has 0 aromatic carbocycles. The summed E-state index contributed by atoms with van der Waals surface area (Å²) in [7, 11) is 0. The van der Waals surface area contributed by atoms with Crippen molar-refractivity contribution in [2.24, 2.45) is 0 Å². The molecule has 2 heterocycles. The molecular weight excluding hydrogens is 220 g/mol. The highest BCUT2D eigenvalue weighted by molar-refractivity contribution is 5.68. The molecule has 6 heteroatoms. The number of carbonyl (C=O) groups excluding carboxylic acids is 1. The molecule has 0 spiro atoms. The van der Waals surface area contributed by atoms with Crippen molar-refractivity contribution in [1.82, 2.24) is 19.9 Å². The molecule has 94 valence electrons. The van der Waals surface area contributed by atoms with Gasteiger partial charge in [-0.2, -0.15) is 0 Å². The number of fused-ring (bicyclic) bond motifs is 1. The lowest BCUT2D eigenvalue weighted by molar-refractivity contribution is 0.00902. The van der Waals surface area contributed by atoms with Gasteiger partial charge in [0.1, 0.15) is 5.60 Å². The van der Waals surface area contributed by atoms with Gasteiger partial charge in [-0.15, -0.1) is 5.10 Å². The molecule has 2 rings (SSSR count). The number of aromatic nitrogens is 3. The van der Waals surface area contributed by atoms with Gasteiger partial charge < -0.3 is 4.74 Å². The van der Waals surface area contributed by atoms with Gasteiger partial charge in [-0.05, 0) is 27.7 Å². The Morgan fingerprint density at radius 3 is 2.88 bits per heavy atom. The Labute approximate surface area is 101 Å². The van der Waals surface area contributed by atoms with E-state index in [-0.39, 0.29) is 12.1 Å². The summed E-state index contributed by atoms with van der Waals surface area (Å²) in [6, 6.07) is 0.0686. The van der Waals surface area contributed by atoms with E-state index >= 15 is 0 Å². The van der Waals surface area contributed by atoms with Crippen molar-refractivity contribution < 1.29 is 9.53 Å². The highest BCUT2D eigenvalue weighted by Gasteiger charge is 2.30. The van der Waals surface area contributed by atoms with Crippen molar-refractivity contribution in [2.75, 3.05) is 0 Å². The van der Waals surface area contributed by atoms with Gasteiger partial charge in [0.15, 0.2) is 0 Å². The molecule has 0 saturated heterocycles. The molecule has 1 unspecified atom stereocenters. The Hall–Kier alpha value is -1.59. The Morgan fingerprint density at radius 2 is 2.24 bits per heavy atom. The maximum atomic E-state index is 12.0. The van der Waals surface area contributed by atoms with Gasteiger partial charge in [0.25, 0.3) is 0 Å². The van der Waals surface area contributed by atoms with Crippen LogP contribution in [0.3, 0.4) is 0 Å². The number of rotatable bonds is 0. The molecule has 0 fully saturated rings.